The molecule has 0 saturated carbocycles. The van der Waals surface area contributed by atoms with Crippen LogP contribution in [0.15, 0.2) is 36.4 Å². The van der Waals surface area contributed by atoms with Crippen molar-refractivity contribution >= 4 is 23.3 Å². The van der Waals surface area contributed by atoms with Gasteiger partial charge >= 0.3 is 5.97 Å². The van der Waals surface area contributed by atoms with E-state index in [9.17, 15) is 19.3 Å². The summed E-state index contributed by atoms with van der Waals surface area (Å²) >= 11 is 5.89. The van der Waals surface area contributed by atoms with Crippen molar-refractivity contribution in [3.63, 3.8) is 0 Å². The van der Waals surface area contributed by atoms with Crippen LogP contribution in [0.3, 0.4) is 0 Å². The lowest BCUT2D eigenvalue weighted by Crippen LogP contribution is -2.07. The quantitative estimate of drug-likeness (QED) is 0.471. The first-order valence-electron chi connectivity index (χ1n) is 6.36. The summed E-state index contributed by atoms with van der Waals surface area (Å²) < 4.78 is 23.1. The number of carbonyl (C=O) groups is 1. The molecular weight excluding hydrogens is 329 g/mol. The van der Waals surface area contributed by atoms with Gasteiger partial charge in [0.2, 0.25) is 0 Å². The molecule has 0 unspecified atom stereocenters. The highest BCUT2D eigenvalue weighted by atomic mass is 35.5. The molecule has 120 valence electrons. The predicted molar refractivity (Wildman–Crippen MR) is 80.2 cm³/mol. The van der Waals surface area contributed by atoms with Gasteiger partial charge in [0.05, 0.1) is 17.1 Å². The third-order valence-electron chi connectivity index (χ3n) is 2.98. The standard InChI is InChI=1S/C15H11ClFNO5/c1-22-15(19)12-7-11(18(20)21)4-5-14(12)23-8-9-2-3-10(17)6-13(9)16/h2-7H,8H2,1H3. The average molecular weight is 340 g/mol. The summed E-state index contributed by atoms with van der Waals surface area (Å²) in [6.07, 6.45) is 0. The Hall–Kier alpha value is -2.67. The highest BCUT2D eigenvalue weighted by Gasteiger charge is 2.18. The second-order valence-corrected chi connectivity index (χ2v) is 4.86. The molecule has 0 radical (unpaired) electrons. The monoisotopic (exact) mass is 339 g/mol. The minimum Gasteiger partial charge on any atom is -0.488 e. The number of nitrogens with zero attached hydrogens (tertiary/aromatic N) is 1. The van der Waals surface area contributed by atoms with Crippen molar-refractivity contribution in [2.24, 2.45) is 0 Å². The van der Waals surface area contributed by atoms with Gasteiger partial charge in [0.25, 0.3) is 5.69 Å². The largest absolute Gasteiger partial charge is 0.488 e. The van der Waals surface area contributed by atoms with Crippen molar-refractivity contribution in [3.05, 3.63) is 68.5 Å². The SMILES string of the molecule is COC(=O)c1cc([N+](=O)[O-])ccc1OCc1ccc(F)cc1Cl. The molecule has 0 aromatic heterocycles. The Bertz CT molecular complexity index is 766. The molecule has 0 aliphatic heterocycles. The van der Waals surface area contributed by atoms with Gasteiger partial charge in [-0.2, -0.15) is 0 Å². The Morgan fingerprint density at radius 3 is 2.65 bits per heavy atom. The van der Waals surface area contributed by atoms with Crippen LogP contribution in [0.2, 0.25) is 5.02 Å². The summed E-state index contributed by atoms with van der Waals surface area (Å²) in [5.41, 5.74) is 0.153. The van der Waals surface area contributed by atoms with E-state index in [-0.39, 0.29) is 28.6 Å². The number of benzene rings is 2. The molecular formula is C15H11ClFNO5. The molecule has 0 N–H and O–H groups in total. The summed E-state index contributed by atoms with van der Waals surface area (Å²) in [4.78, 5) is 21.9. The number of ether oxygens (including phenoxy) is 2. The molecule has 6 nitrogen and oxygen atoms in total. The highest BCUT2D eigenvalue weighted by molar-refractivity contribution is 6.31. The maximum Gasteiger partial charge on any atom is 0.341 e. The molecule has 2 rings (SSSR count). The topological polar surface area (TPSA) is 78.7 Å². The number of esters is 1. The zero-order chi connectivity index (χ0) is 17.0. The summed E-state index contributed by atoms with van der Waals surface area (Å²) in [7, 11) is 1.15. The smallest absolute Gasteiger partial charge is 0.341 e. The minimum absolute atomic E-state index is 0.0408. The van der Waals surface area contributed by atoms with Crippen LogP contribution in [0, 0.1) is 15.9 Å². The van der Waals surface area contributed by atoms with Gasteiger partial charge in [-0.15, -0.1) is 0 Å². The van der Waals surface area contributed by atoms with Crippen LogP contribution in [0.4, 0.5) is 10.1 Å². The molecule has 0 aliphatic rings. The lowest BCUT2D eigenvalue weighted by atomic mass is 10.1. The Kier molecular flexibility index (Phi) is 5.13. The number of carbonyl (C=O) groups excluding carboxylic acids is 1. The van der Waals surface area contributed by atoms with E-state index in [0.29, 0.717) is 5.56 Å². The van der Waals surface area contributed by atoms with E-state index in [1.165, 1.54) is 24.3 Å². The number of non-ortho nitro benzene ring substituents is 1. The van der Waals surface area contributed by atoms with Crippen molar-refractivity contribution in [2.75, 3.05) is 7.11 Å². The fourth-order valence-electron chi connectivity index (χ4n) is 1.82. The molecule has 2 aromatic rings. The molecule has 8 heteroatoms. The Labute approximate surface area is 135 Å². The van der Waals surface area contributed by atoms with Crippen molar-refractivity contribution in [3.8, 4) is 5.75 Å². The van der Waals surface area contributed by atoms with E-state index in [4.69, 9.17) is 16.3 Å². The van der Waals surface area contributed by atoms with Crippen molar-refractivity contribution in [1.82, 2.24) is 0 Å². The molecule has 0 fully saturated rings. The fraction of sp³-hybridized carbons (Fsp3) is 0.133. The van der Waals surface area contributed by atoms with E-state index in [2.05, 4.69) is 4.74 Å². The third-order valence-corrected chi connectivity index (χ3v) is 3.33. The van der Waals surface area contributed by atoms with Gasteiger partial charge in [-0.25, -0.2) is 9.18 Å². The number of hydrogen-bond acceptors (Lipinski definition) is 5. The summed E-state index contributed by atoms with van der Waals surface area (Å²) in [6.45, 7) is -0.0408. The third kappa shape index (κ3) is 3.95. The average Bonchev–Trinajstić information content (AvgIpc) is 2.53. The van der Waals surface area contributed by atoms with Gasteiger partial charge in [-0.05, 0) is 18.2 Å². The summed E-state index contributed by atoms with van der Waals surface area (Å²) in [6, 6.07) is 7.36. The van der Waals surface area contributed by atoms with Gasteiger partial charge in [0.15, 0.2) is 0 Å². The predicted octanol–water partition coefficient (Wildman–Crippen LogP) is 3.75. The molecule has 0 heterocycles. The first-order chi connectivity index (χ1) is 10.9. The normalized spacial score (nSPS) is 10.2. The van der Waals surface area contributed by atoms with Crippen LogP contribution in [0.1, 0.15) is 15.9 Å². The van der Waals surface area contributed by atoms with E-state index in [1.54, 1.807) is 0 Å². The molecule has 0 amide bonds. The molecule has 0 spiro atoms. The molecule has 0 bridgehead atoms. The molecule has 0 saturated heterocycles. The van der Waals surface area contributed by atoms with Gasteiger partial charge in [0.1, 0.15) is 23.7 Å². The summed E-state index contributed by atoms with van der Waals surface area (Å²) in [5.74, 6) is -1.15. The Morgan fingerprint density at radius 2 is 2.04 bits per heavy atom. The zero-order valence-corrected chi connectivity index (χ0v) is 12.7. The maximum atomic E-state index is 13.0. The Balaban J connectivity index is 2.28. The number of nitro benzene ring substituents is 1. The molecule has 0 atom stereocenters. The highest BCUT2D eigenvalue weighted by Crippen LogP contribution is 2.27. The van der Waals surface area contributed by atoms with Crippen molar-refractivity contribution < 1.29 is 23.6 Å². The molecule has 23 heavy (non-hydrogen) atoms. The maximum absolute atomic E-state index is 13.0. The van der Waals surface area contributed by atoms with Crippen LogP contribution in [0.25, 0.3) is 0 Å². The minimum atomic E-state index is -0.770. The molecule has 2 aromatic carbocycles. The van der Waals surface area contributed by atoms with Gasteiger partial charge < -0.3 is 9.47 Å². The number of halogens is 2. The lowest BCUT2D eigenvalue weighted by Gasteiger charge is -2.11. The van der Waals surface area contributed by atoms with Crippen LogP contribution in [0.5, 0.6) is 5.75 Å². The van der Waals surface area contributed by atoms with Gasteiger partial charge in [-0.3, -0.25) is 10.1 Å². The fourth-order valence-corrected chi connectivity index (χ4v) is 2.04. The van der Waals surface area contributed by atoms with Crippen LogP contribution >= 0.6 is 11.6 Å². The number of rotatable bonds is 5. The second-order valence-electron chi connectivity index (χ2n) is 4.45. The van der Waals surface area contributed by atoms with Gasteiger partial charge in [-0.1, -0.05) is 17.7 Å². The van der Waals surface area contributed by atoms with Gasteiger partial charge in [0, 0.05) is 17.7 Å². The van der Waals surface area contributed by atoms with Crippen LogP contribution in [-0.2, 0) is 11.3 Å². The second kappa shape index (κ2) is 7.06. The lowest BCUT2D eigenvalue weighted by molar-refractivity contribution is -0.384. The van der Waals surface area contributed by atoms with E-state index in [1.807, 2.05) is 0 Å². The van der Waals surface area contributed by atoms with Crippen molar-refractivity contribution in [2.45, 2.75) is 6.61 Å². The van der Waals surface area contributed by atoms with E-state index in [0.717, 1.165) is 19.2 Å². The summed E-state index contributed by atoms with van der Waals surface area (Å²) in [5, 5.41) is 11.0. The first-order valence-corrected chi connectivity index (χ1v) is 6.73. The Morgan fingerprint density at radius 1 is 1.30 bits per heavy atom. The van der Waals surface area contributed by atoms with E-state index < -0.39 is 16.7 Å². The van der Waals surface area contributed by atoms with Crippen LogP contribution in [-0.4, -0.2) is 18.0 Å². The van der Waals surface area contributed by atoms with Crippen molar-refractivity contribution in [1.29, 1.82) is 0 Å². The molecule has 0 aliphatic carbocycles. The number of hydrogen-bond donors (Lipinski definition) is 0. The zero-order valence-electron chi connectivity index (χ0n) is 11.9. The first kappa shape index (κ1) is 16.7. The van der Waals surface area contributed by atoms with Crippen LogP contribution < -0.4 is 4.74 Å². The number of nitro groups is 1. The number of methoxy groups -OCH3 is 1. The van der Waals surface area contributed by atoms with E-state index >= 15 is 0 Å².